The van der Waals surface area contributed by atoms with Crippen molar-refractivity contribution < 1.29 is 9.59 Å². The topological polar surface area (TPSA) is 76.0 Å². The third-order valence-electron chi connectivity index (χ3n) is 5.16. The van der Waals surface area contributed by atoms with E-state index in [1.165, 1.54) is 11.3 Å². The van der Waals surface area contributed by atoms with Crippen LogP contribution in [0.15, 0.2) is 30.5 Å². The summed E-state index contributed by atoms with van der Waals surface area (Å²) >= 11 is 1.33. The average molecular weight is 427 g/mol. The highest BCUT2D eigenvalue weighted by Crippen LogP contribution is 2.34. The van der Waals surface area contributed by atoms with Gasteiger partial charge in [0.05, 0.1) is 10.3 Å². The summed E-state index contributed by atoms with van der Waals surface area (Å²) in [7, 11) is 0. The molecule has 2 N–H and O–H groups in total. The predicted octanol–water partition coefficient (Wildman–Crippen LogP) is 5.33. The highest BCUT2D eigenvalue weighted by atomic mass is 32.1. The van der Waals surface area contributed by atoms with Gasteiger partial charge in [-0.3, -0.25) is 14.9 Å². The Bertz CT molecular complexity index is 1050. The van der Waals surface area contributed by atoms with Gasteiger partial charge in [0, 0.05) is 23.3 Å². The van der Waals surface area contributed by atoms with E-state index in [2.05, 4.69) is 50.2 Å². The Morgan fingerprint density at radius 2 is 1.73 bits per heavy atom. The summed E-state index contributed by atoms with van der Waals surface area (Å²) in [6, 6.07) is 7.53. The van der Waals surface area contributed by atoms with Crippen molar-refractivity contribution >= 4 is 38.6 Å². The lowest BCUT2D eigenvalue weighted by Crippen LogP contribution is -2.33. The summed E-state index contributed by atoms with van der Waals surface area (Å²) in [6.45, 7) is 12.3. The number of amides is 2. The van der Waals surface area contributed by atoms with Crippen LogP contribution in [0, 0.1) is 6.92 Å². The minimum atomic E-state index is -0.252. The molecule has 0 bridgehead atoms. The monoisotopic (exact) mass is 426 g/mol. The number of thiazole rings is 1. The van der Waals surface area contributed by atoms with Gasteiger partial charge in [0.1, 0.15) is 0 Å². The third kappa shape index (κ3) is 4.56. The average Bonchev–Trinajstić information content (AvgIpc) is 3.24. The van der Waals surface area contributed by atoms with Crippen LogP contribution in [-0.4, -0.2) is 27.4 Å². The van der Waals surface area contributed by atoms with Gasteiger partial charge in [-0.15, -0.1) is 0 Å². The van der Waals surface area contributed by atoms with Crippen LogP contribution in [0.3, 0.4) is 0 Å². The molecule has 0 atom stereocenters. The van der Waals surface area contributed by atoms with Crippen molar-refractivity contribution in [2.75, 3.05) is 5.32 Å². The number of carbonyl (C=O) groups is 2. The number of anilines is 1. The number of rotatable bonds is 6. The number of aryl methyl sites for hydroxylation is 1. The maximum Gasteiger partial charge on any atom is 0.257 e. The number of carbonyl (C=O) groups excluding carboxylic acids is 2. The second kappa shape index (κ2) is 8.60. The van der Waals surface area contributed by atoms with E-state index in [1.807, 2.05) is 29.8 Å². The smallest absolute Gasteiger partial charge is 0.257 e. The number of aromatic nitrogens is 2. The van der Waals surface area contributed by atoms with Crippen LogP contribution >= 0.6 is 11.3 Å². The molecule has 7 heteroatoms. The Balaban J connectivity index is 1.96. The van der Waals surface area contributed by atoms with Crippen molar-refractivity contribution in [2.24, 2.45) is 0 Å². The van der Waals surface area contributed by atoms with E-state index in [-0.39, 0.29) is 23.4 Å². The standard InChI is InChI=1S/C23H30N4O2S/c1-7-16(8-2)24-21(29)17-13-27(23(4,5)6)19-18(17)30-22(25-19)26-20(28)15-11-9-14(3)10-12-15/h9-13,16H,7-8H2,1-6H3,(H,24,29)(H,25,26,28). The van der Waals surface area contributed by atoms with E-state index in [9.17, 15) is 9.59 Å². The molecule has 0 saturated carbocycles. The second-order valence-electron chi connectivity index (χ2n) is 8.56. The fourth-order valence-corrected chi connectivity index (χ4v) is 4.22. The van der Waals surface area contributed by atoms with E-state index in [0.717, 1.165) is 23.1 Å². The first-order chi connectivity index (χ1) is 14.1. The molecule has 3 rings (SSSR count). The predicted molar refractivity (Wildman–Crippen MR) is 124 cm³/mol. The van der Waals surface area contributed by atoms with E-state index in [1.54, 1.807) is 12.1 Å². The van der Waals surface area contributed by atoms with Gasteiger partial charge in [0.15, 0.2) is 10.8 Å². The Labute approximate surface area is 181 Å². The van der Waals surface area contributed by atoms with Crippen molar-refractivity contribution in [3.8, 4) is 0 Å². The van der Waals surface area contributed by atoms with Crippen LogP contribution in [0.1, 0.15) is 73.7 Å². The first-order valence-electron chi connectivity index (χ1n) is 10.3. The fourth-order valence-electron chi connectivity index (χ4n) is 3.26. The van der Waals surface area contributed by atoms with Crippen molar-refractivity contribution in [3.63, 3.8) is 0 Å². The number of nitrogens with one attached hydrogen (secondary N) is 2. The Kier molecular flexibility index (Phi) is 6.31. The van der Waals surface area contributed by atoms with Crippen molar-refractivity contribution in [2.45, 2.75) is 66.0 Å². The Morgan fingerprint density at radius 1 is 1.10 bits per heavy atom. The van der Waals surface area contributed by atoms with E-state index < -0.39 is 0 Å². The molecule has 0 saturated heterocycles. The lowest BCUT2D eigenvalue weighted by atomic mass is 10.1. The first-order valence-corrected chi connectivity index (χ1v) is 11.2. The van der Waals surface area contributed by atoms with Gasteiger partial charge in [-0.25, -0.2) is 4.98 Å². The molecule has 0 unspecified atom stereocenters. The second-order valence-corrected chi connectivity index (χ2v) is 9.56. The van der Waals surface area contributed by atoms with Crippen LogP contribution in [0.2, 0.25) is 0 Å². The summed E-state index contributed by atoms with van der Waals surface area (Å²) in [6.07, 6.45) is 3.63. The molecule has 2 heterocycles. The SMILES string of the molecule is CCC(CC)NC(=O)c1cn(C(C)(C)C)c2nc(NC(=O)c3ccc(C)cc3)sc12. The molecular weight excluding hydrogens is 396 g/mol. The first kappa shape index (κ1) is 22.0. The van der Waals surface area contributed by atoms with Gasteiger partial charge in [-0.05, 0) is 52.7 Å². The van der Waals surface area contributed by atoms with Crippen LogP contribution < -0.4 is 10.6 Å². The summed E-state index contributed by atoms with van der Waals surface area (Å²) in [5, 5.41) is 6.48. The third-order valence-corrected chi connectivity index (χ3v) is 6.16. The van der Waals surface area contributed by atoms with Gasteiger partial charge >= 0.3 is 0 Å². The summed E-state index contributed by atoms with van der Waals surface area (Å²) in [5.41, 5.74) is 2.73. The molecule has 0 radical (unpaired) electrons. The van der Waals surface area contributed by atoms with Crippen molar-refractivity contribution in [1.29, 1.82) is 0 Å². The molecular formula is C23H30N4O2S. The van der Waals surface area contributed by atoms with Crippen LogP contribution in [0.4, 0.5) is 5.13 Å². The summed E-state index contributed by atoms with van der Waals surface area (Å²) in [5.74, 6) is -0.312. The molecule has 0 aliphatic rings. The van der Waals surface area contributed by atoms with Crippen molar-refractivity contribution in [1.82, 2.24) is 14.9 Å². The van der Waals surface area contributed by atoms with E-state index >= 15 is 0 Å². The number of nitrogens with zero attached hydrogens (tertiary/aromatic N) is 2. The Hall–Kier alpha value is -2.67. The zero-order valence-corrected chi connectivity index (χ0v) is 19.3. The molecule has 2 aromatic heterocycles. The zero-order valence-electron chi connectivity index (χ0n) is 18.5. The quantitative estimate of drug-likeness (QED) is 0.559. The number of fused-ring (bicyclic) bond motifs is 1. The maximum absolute atomic E-state index is 13.0. The van der Waals surface area contributed by atoms with Gasteiger partial charge in [-0.1, -0.05) is 42.9 Å². The zero-order chi connectivity index (χ0) is 22.1. The highest BCUT2D eigenvalue weighted by Gasteiger charge is 2.26. The number of hydrogen-bond donors (Lipinski definition) is 2. The number of benzene rings is 1. The maximum atomic E-state index is 13.0. The summed E-state index contributed by atoms with van der Waals surface area (Å²) in [4.78, 5) is 30.3. The molecule has 0 aliphatic carbocycles. The molecule has 160 valence electrons. The lowest BCUT2D eigenvalue weighted by Gasteiger charge is -2.21. The normalized spacial score (nSPS) is 11.8. The van der Waals surface area contributed by atoms with Gasteiger partial charge < -0.3 is 9.88 Å². The molecule has 30 heavy (non-hydrogen) atoms. The molecule has 3 aromatic rings. The molecule has 6 nitrogen and oxygen atoms in total. The molecule has 2 amide bonds. The number of hydrogen-bond acceptors (Lipinski definition) is 4. The van der Waals surface area contributed by atoms with Crippen molar-refractivity contribution in [3.05, 3.63) is 47.2 Å². The van der Waals surface area contributed by atoms with Gasteiger partial charge in [0.2, 0.25) is 0 Å². The summed E-state index contributed by atoms with van der Waals surface area (Å²) < 4.78 is 2.79. The molecule has 1 aromatic carbocycles. The van der Waals surface area contributed by atoms with Crippen LogP contribution in [0.25, 0.3) is 10.3 Å². The molecule has 0 fully saturated rings. The highest BCUT2D eigenvalue weighted by molar-refractivity contribution is 7.22. The van der Waals surface area contributed by atoms with Crippen LogP contribution in [0.5, 0.6) is 0 Å². The van der Waals surface area contributed by atoms with E-state index in [0.29, 0.717) is 21.9 Å². The molecule has 0 spiro atoms. The van der Waals surface area contributed by atoms with Gasteiger partial charge in [-0.2, -0.15) is 0 Å². The molecule has 0 aliphatic heterocycles. The minimum absolute atomic E-state index is 0.100. The largest absolute Gasteiger partial charge is 0.349 e. The minimum Gasteiger partial charge on any atom is -0.349 e. The Morgan fingerprint density at radius 3 is 2.30 bits per heavy atom. The van der Waals surface area contributed by atoms with Gasteiger partial charge in [0.25, 0.3) is 11.8 Å². The van der Waals surface area contributed by atoms with Crippen LogP contribution in [-0.2, 0) is 5.54 Å². The fraction of sp³-hybridized carbons (Fsp3) is 0.435. The lowest BCUT2D eigenvalue weighted by molar-refractivity contribution is 0.0935. The van der Waals surface area contributed by atoms with E-state index in [4.69, 9.17) is 0 Å².